The van der Waals surface area contributed by atoms with Crippen molar-refractivity contribution in [2.75, 3.05) is 32.1 Å². The van der Waals surface area contributed by atoms with Crippen LogP contribution in [0.3, 0.4) is 0 Å². The van der Waals surface area contributed by atoms with Crippen molar-refractivity contribution < 1.29 is 14.3 Å². The maximum atomic E-state index is 12.2. The quantitative estimate of drug-likeness (QED) is 0.797. The summed E-state index contributed by atoms with van der Waals surface area (Å²) >= 11 is 1.30. The van der Waals surface area contributed by atoms with E-state index in [2.05, 4.69) is 25.7 Å². The van der Waals surface area contributed by atoms with Crippen molar-refractivity contribution in [3.8, 4) is 0 Å². The number of hydrogen-bond donors (Lipinski definition) is 2. The summed E-state index contributed by atoms with van der Waals surface area (Å²) in [6.07, 6.45) is 2.95. The lowest BCUT2D eigenvalue weighted by Crippen LogP contribution is -2.42. The van der Waals surface area contributed by atoms with E-state index in [0.717, 1.165) is 30.8 Å². The Morgan fingerprint density at radius 1 is 1.43 bits per heavy atom. The Hall–Kier alpha value is -1.58. The number of fused-ring (bicyclic) bond motifs is 3. The molecule has 2 fully saturated rings. The molecule has 1 aromatic rings. The van der Waals surface area contributed by atoms with Crippen LogP contribution >= 0.6 is 11.3 Å². The zero-order valence-electron chi connectivity index (χ0n) is 13.1. The van der Waals surface area contributed by atoms with E-state index in [0.29, 0.717) is 18.3 Å². The lowest BCUT2D eigenvalue weighted by molar-refractivity contribution is -0.125. The third-order valence-corrected chi connectivity index (χ3v) is 4.94. The molecule has 0 spiro atoms. The Kier molecular flexibility index (Phi) is 5.19. The number of carbonyl (C=O) groups excluding carboxylic acids is 2. The lowest BCUT2D eigenvalue weighted by atomic mass is 9.99. The van der Waals surface area contributed by atoms with Crippen LogP contribution in [0.4, 0.5) is 5.13 Å². The van der Waals surface area contributed by atoms with E-state index < -0.39 is 0 Å². The highest BCUT2D eigenvalue weighted by Gasteiger charge is 2.33. The van der Waals surface area contributed by atoms with Gasteiger partial charge in [0.15, 0.2) is 0 Å². The fourth-order valence-electron chi connectivity index (χ4n) is 3.12. The molecule has 2 aliphatic rings. The van der Waals surface area contributed by atoms with E-state index in [9.17, 15) is 9.59 Å². The fraction of sp³-hybridized carbons (Fsp3) is 0.714. The summed E-state index contributed by atoms with van der Waals surface area (Å²) in [5.41, 5.74) is 0. The number of anilines is 1. The fourth-order valence-corrected chi connectivity index (χ4v) is 3.85. The van der Waals surface area contributed by atoms with Crippen molar-refractivity contribution >= 4 is 28.3 Å². The first-order chi connectivity index (χ1) is 11.1. The van der Waals surface area contributed by atoms with Crippen LogP contribution in [-0.2, 0) is 20.9 Å². The molecule has 2 unspecified atom stereocenters. The Morgan fingerprint density at radius 2 is 2.30 bits per heavy atom. The van der Waals surface area contributed by atoms with E-state index in [1.807, 2.05) is 0 Å². The molecule has 0 saturated carbocycles. The third-order valence-electron chi connectivity index (χ3n) is 4.13. The molecule has 2 aliphatic heterocycles. The van der Waals surface area contributed by atoms with Gasteiger partial charge in [-0.3, -0.25) is 19.8 Å². The van der Waals surface area contributed by atoms with Gasteiger partial charge < -0.3 is 10.1 Å². The van der Waals surface area contributed by atoms with Gasteiger partial charge in [-0.2, -0.15) is 0 Å². The van der Waals surface area contributed by atoms with Crippen LogP contribution in [0.15, 0.2) is 0 Å². The molecule has 2 saturated heterocycles. The Balaban J connectivity index is 1.55. The molecule has 2 N–H and O–H groups in total. The van der Waals surface area contributed by atoms with Crippen molar-refractivity contribution in [2.45, 2.75) is 31.9 Å². The predicted molar refractivity (Wildman–Crippen MR) is 85.0 cm³/mol. The highest BCUT2D eigenvalue weighted by molar-refractivity contribution is 7.15. The number of nitrogens with one attached hydrogen (secondary N) is 2. The molecule has 2 atom stereocenters. The van der Waals surface area contributed by atoms with Gasteiger partial charge in [-0.15, -0.1) is 10.2 Å². The highest BCUT2D eigenvalue weighted by Crippen LogP contribution is 2.22. The zero-order chi connectivity index (χ0) is 16.2. The molecular weight excluding hydrogens is 318 g/mol. The van der Waals surface area contributed by atoms with E-state index in [4.69, 9.17) is 4.74 Å². The van der Waals surface area contributed by atoms with E-state index in [-0.39, 0.29) is 30.3 Å². The standard InChI is InChI=1S/C14H21N5O3S/c1-22-8-12-17-18-14(23-12)16-11(20)7-19-5-9-3-2-4-10(6-19)15-13(9)21/h9-10H,2-8H2,1H3,(H,15,21)(H,16,18,20). The number of hydrogen-bond acceptors (Lipinski definition) is 7. The van der Waals surface area contributed by atoms with Gasteiger partial charge >= 0.3 is 0 Å². The molecule has 0 radical (unpaired) electrons. The SMILES string of the molecule is COCc1nnc(NC(=O)CN2CC3CCCC(C2)C(=O)N3)s1. The summed E-state index contributed by atoms with van der Waals surface area (Å²) in [6, 6.07) is 0.151. The molecule has 2 amide bonds. The average molecular weight is 339 g/mol. The maximum absolute atomic E-state index is 12.2. The maximum Gasteiger partial charge on any atom is 0.240 e. The summed E-state index contributed by atoms with van der Waals surface area (Å²) in [7, 11) is 1.59. The molecule has 0 aliphatic carbocycles. The first-order valence-electron chi connectivity index (χ1n) is 7.78. The van der Waals surface area contributed by atoms with Crippen molar-refractivity contribution in [1.29, 1.82) is 0 Å². The van der Waals surface area contributed by atoms with Crippen molar-refractivity contribution in [2.24, 2.45) is 5.92 Å². The monoisotopic (exact) mass is 339 g/mol. The van der Waals surface area contributed by atoms with Gasteiger partial charge in [0.25, 0.3) is 0 Å². The van der Waals surface area contributed by atoms with E-state index >= 15 is 0 Å². The van der Waals surface area contributed by atoms with Crippen LogP contribution in [0.2, 0.25) is 0 Å². The summed E-state index contributed by atoms with van der Waals surface area (Å²) in [5.74, 6) is -0.00795. The number of rotatable bonds is 5. The number of aromatic nitrogens is 2. The number of methoxy groups -OCH3 is 1. The van der Waals surface area contributed by atoms with Crippen molar-refractivity contribution in [1.82, 2.24) is 20.4 Å². The van der Waals surface area contributed by atoms with Gasteiger partial charge in [0.2, 0.25) is 16.9 Å². The zero-order valence-corrected chi connectivity index (χ0v) is 13.9. The Labute approximate surface area is 138 Å². The minimum atomic E-state index is -0.127. The second kappa shape index (κ2) is 7.33. The smallest absolute Gasteiger partial charge is 0.240 e. The van der Waals surface area contributed by atoms with Crippen LogP contribution in [-0.4, -0.2) is 59.7 Å². The molecular formula is C14H21N5O3S. The van der Waals surface area contributed by atoms with Crippen molar-refractivity contribution in [3.63, 3.8) is 0 Å². The van der Waals surface area contributed by atoms with Gasteiger partial charge in [-0.05, 0) is 12.8 Å². The van der Waals surface area contributed by atoms with Crippen LogP contribution in [0.5, 0.6) is 0 Å². The number of nitrogens with zero attached hydrogens (tertiary/aromatic N) is 3. The molecule has 9 heteroatoms. The third kappa shape index (κ3) is 4.24. The molecule has 0 aromatic carbocycles. The van der Waals surface area contributed by atoms with E-state index in [1.54, 1.807) is 7.11 Å². The Bertz CT molecular complexity index is 579. The molecule has 1 aromatic heterocycles. The lowest BCUT2D eigenvalue weighted by Gasteiger charge is -2.26. The molecule has 8 nitrogen and oxygen atoms in total. The average Bonchev–Trinajstić information content (AvgIpc) is 2.76. The molecule has 3 rings (SSSR count). The summed E-state index contributed by atoms with van der Waals surface area (Å²) < 4.78 is 4.98. The van der Waals surface area contributed by atoms with Crippen LogP contribution in [0.25, 0.3) is 0 Å². The molecule has 3 heterocycles. The number of ether oxygens (including phenoxy) is 1. The van der Waals surface area contributed by atoms with Crippen LogP contribution < -0.4 is 10.6 Å². The topological polar surface area (TPSA) is 96.5 Å². The predicted octanol–water partition coefficient (Wildman–Crippen LogP) is 0.224. The van der Waals surface area contributed by atoms with Gasteiger partial charge in [0.1, 0.15) is 11.6 Å². The number of likely N-dealkylation sites (tertiary alicyclic amines) is 1. The van der Waals surface area contributed by atoms with Gasteiger partial charge in [-0.1, -0.05) is 17.8 Å². The molecule has 2 bridgehead atoms. The minimum absolute atomic E-state index is 0.00913. The minimum Gasteiger partial charge on any atom is -0.377 e. The largest absolute Gasteiger partial charge is 0.377 e. The molecule has 23 heavy (non-hydrogen) atoms. The van der Waals surface area contributed by atoms with Crippen LogP contribution in [0.1, 0.15) is 24.3 Å². The first-order valence-corrected chi connectivity index (χ1v) is 8.59. The normalized spacial score (nSPS) is 24.8. The van der Waals surface area contributed by atoms with Crippen molar-refractivity contribution in [3.05, 3.63) is 5.01 Å². The second-order valence-electron chi connectivity index (χ2n) is 6.01. The highest BCUT2D eigenvalue weighted by atomic mass is 32.1. The van der Waals surface area contributed by atoms with Gasteiger partial charge in [0.05, 0.1) is 12.5 Å². The number of carbonyl (C=O) groups is 2. The second-order valence-corrected chi connectivity index (χ2v) is 7.07. The summed E-state index contributed by atoms with van der Waals surface area (Å²) in [6.45, 7) is 2.01. The van der Waals surface area contributed by atoms with Gasteiger partial charge in [-0.25, -0.2) is 0 Å². The summed E-state index contributed by atoms with van der Waals surface area (Å²) in [5, 5.41) is 14.9. The Morgan fingerprint density at radius 3 is 3.13 bits per heavy atom. The van der Waals surface area contributed by atoms with Crippen LogP contribution in [0, 0.1) is 5.92 Å². The van der Waals surface area contributed by atoms with Gasteiger partial charge in [0, 0.05) is 26.2 Å². The molecule has 126 valence electrons. The first kappa shape index (κ1) is 16.3. The summed E-state index contributed by atoms with van der Waals surface area (Å²) in [4.78, 5) is 26.3. The van der Waals surface area contributed by atoms with E-state index in [1.165, 1.54) is 11.3 Å². The number of amides is 2.